The van der Waals surface area contributed by atoms with Crippen LogP contribution >= 0.6 is 11.8 Å². The molecule has 0 aliphatic carbocycles. The van der Waals surface area contributed by atoms with Gasteiger partial charge in [0.2, 0.25) is 0 Å². The zero-order valence-electron chi connectivity index (χ0n) is 24.4. The van der Waals surface area contributed by atoms with Crippen LogP contribution in [0.5, 0.6) is 0 Å². The summed E-state index contributed by atoms with van der Waals surface area (Å²) in [6.07, 6.45) is 12.9. The van der Waals surface area contributed by atoms with Crippen LogP contribution in [0.15, 0.2) is 77.7 Å². The molecule has 3 rings (SSSR count). The van der Waals surface area contributed by atoms with Gasteiger partial charge in [-0.2, -0.15) is 0 Å². The maximum Gasteiger partial charge on any atom is 0.251 e. The van der Waals surface area contributed by atoms with Crippen LogP contribution in [0.3, 0.4) is 0 Å². The van der Waals surface area contributed by atoms with Crippen LogP contribution in [0, 0.1) is 23.7 Å². The van der Waals surface area contributed by atoms with Gasteiger partial charge in [-0.1, -0.05) is 100 Å². The molecule has 3 aromatic rings. The van der Waals surface area contributed by atoms with E-state index in [1.807, 2.05) is 72.8 Å². The normalized spacial score (nSPS) is 10.2. The Hall–Kier alpha value is -3.73. The molecule has 212 valence electrons. The largest absolute Gasteiger partial charge is 0.352 e. The van der Waals surface area contributed by atoms with E-state index in [1.165, 1.54) is 69.5 Å². The lowest BCUT2D eigenvalue weighted by molar-refractivity contribution is -0.109. The summed E-state index contributed by atoms with van der Waals surface area (Å²) < 4.78 is 0. The Balaban J connectivity index is 1.38. The summed E-state index contributed by atoms with van der Waals surface area (Å²) in [4.78, 5) is 24.6. The summed E-state index contributed by atoms with van der Waals surface area (Å²) >= 11 is 1.22. The van der Waals surface area contributed by atoms with Crippen LogP contribution in [0.1, 0.15) is 111 Å². The Morgan fingerprint density at radius 2 is 0.976 bits per heavy atom. The monoisotopic (exact) mass is 563 g/mol. The first-order valence-electron chi connectivity index (χ1n) is 14.8. The quantitative estimate of drug-likeness (QED) is 0.128. The molecule has 41 heavy (non-hydrogen) atoms. The minimum Gasteiger partial charge on any atom is -0.352 e. The van der Waals surface area contributed by atoms with Crippen molar-refractivity contribution in [3.63, 3.8) is 0 Å². The van der Waals surface area contributed by atoms with Crippen molar-refractivity contribution in [1.29, 1.82) is 0 Å². The van der Waals surface area contributed by atoms with Gasteiger partial charge >= 0.3 is 0 Å². The molecular weight excluding hydrogens is 522 g/mol. The van der Waals surface area contributed by atoms with Crippen LogP contribution < -0.4 is 5.32 Å². The molecule has 0 bridgehead atoms. The van der Waals surface area contributed by atoms with Gasteiger partial charge in [-0.25, -0.2) is 0 Å². The molecule has 0 spiro atoms. The highest BCUT2D eigenvalue weighted by molar-refractivity contribution is 8.13. The number of carbonyl (C=O) groups is 2. The first kappa shape index (κ1) is 31.8. The summed E-state index contributed by atoms with van der Waals surface area (Å²) in [6.45, 7) is 4.54. The lowest BCUT2D eigenvalue weighted by Gasteiger charge is -2.06. The predicted molar refractivity (Wildman–Crippen MR) is 172 cm³/mol. The lowest BCUT2D eigenvalue weighted by Crippen LogP contribution is -2.24. The molecule has 0 unspecified atom stereocenters. The maximum absolute atomic E-state index is 12.5. The van der Waals surface area contributed by atoms with Crippen molar-refractivity contribution in [2.75, 3.05) is 6.54 Å². The number of hydrogen-bond donors (Lipinski definition) is 1. The summed E-state index contributed by atoms with van der Waals surface area (Å²) in [7, 11) is 0. The third kappa shape index (κ3) is 13.0. The highest BCUT2D eigenvalue weighted by Gasteiger charge is 2.04. The van der Waals surface area contributed by atoms with E-state index in [2.05, 4.69) is 35.9 Å². The number of nitrogens with one attached hydrogen (secondary N) is 1. The number of thioether (sulfide) groups is 1. The first-order valence-corrected chi connectivity index (χ1v) is 15.7. The molecule has 0 fully saturated rings. The SMILES string of the molecule is CCCCCCCCCCCCNC(=O)c1ccc(C#Cc2ccc(C#Cc3ccc(SC(C)=O)cc3)cc2)cc1. The van der Waals surface area contributed by atoms with E-state index >= 15 is 0 Å². The van der Waals surface area contributed by atoms with Crippen molar-refractivity contribution in [3.8, 4) is 23.7 Å². The Morgan fingerprint density at radius 1 is 0.585 bits per heavy atom. The zero-order valence-corrected chi connectivity index (χ0v) is 25.2. The van der Waals surface area contributed by atoms with E-state index in [9.17, 15) is 9.59 Å². The van der Waals surface area contributed by atoms with Gasteiger partial charge in [0.25, 0.3) is 5.91 Å². The van der Waals surface area contributed by atoms with E-state index < -0.39 is 0 Å². The molecule has 0 atom stereocenters. The third-order valence-corrected chi connectivity index (χ3v) is 7.46. The number of rotatable bonds is 13. The standard InChI is InChI=1S/C37H41NO2S/c1-3-4-5-6-7-8-9-10-11-12-29-38-37(40)35-25-21-33(22-26-35)19-17-31-13-15-32(16-14-31)18-20-34-23-27-36(28-24-34)41-30(2)39/h13-16,21-28H,3-12,29H2,1-2H3,(H,38,40). The van der Waals surface area contributed by atoms with Crippen molar-refractivity contribution in [2.24, 2.45) is 0 Å². The number of carbonyl (C=O) groups excluding carboxylic acids is 2. The Morgan fingerprint density at radius 3 is 1.41 bits per heavy atom. The van der Waals surface area contributed by atoms with Crippen molar-refractivity contribution >= 4 is 22.8 Å². The lowest BCUT2D eigenvalue weighted by atomic mass is 10.1. The fourth-order valence-corrected chi connectivity index (χ4v) is 4.92. The highest BCUT2D eigenvalue weighted by atomic mass is 32.2. The molecule has 1 N–H and O–H groups in total. The molecule has 0 heterocycles. The number of benzene rings is 3. The van der Waals surface area contributed by atoms with Gasteiger partial charge in [-0.15, -0.1) is 0 Å². The Kier molecular flexibility index (Phi) is 14.4. The van der Waals surface area contributed by atoms with Crippen LogP contribution in [0.4, 0.5) is 0 Å². The van der Waals surface area contributed by atoms with Gasteiger partial charge < -0.3 is 5.32 Å². The van der Waals surface area contributed by atoms with Crippen molar-refractivity contribution in [2.45, 2.75) is 83.0 Å². The summed E-state index contributed by atoms with van der Waals surface area (Å²) in [5.74, 6) is 12.6. The van der Waals surface area contributed by atoms with E-state index in [0.717, 1.165) is 40.1 Å². The van der Waals surface area contributed by atoms with Gasteiger partial charge in [0.05, 0.1) is 0 Å². The molecule has 0 saturated carbocycles. The highest BCUT2D eigenvalue weighted by Crippen LogP contribution is 2.18. The topological polar surface area (TPSA) is 46.2 Å². The summed E-state index contributed by atoms with van der Waals surface area (Å²) in [5.41, 5.74) is 4.24. The number of amides is 1. The predicted octanol–water partition coefficient (Wildman–Crippen LogP) is 8.78. The molecule has 0 aliphatic heterocycles. The van der Waals surface area contributed by atoms with Crippen molar-refractivity contribution in [3.05, 3.63) is 101 Å². The smallest absolute Gasteiger partial charge is 0.251 e. The first-order chi connectivity index (χ1) is 20.0. The molecule has 3 aromatic carbocycles. The summed E-state index contributed by atoms with van der Waals surface area (Å²) in [6, 6.07) is 22.9. The van der Waals surface area contributed by atoms with Crippen LogP contribution in [0.25, 0.3) is 0 Å². The molecule has 0 aliphatic rings. The second-order valence-electron chi connectivity index (χ2n) is 10.2. The van der Waals surface area contributed by atoms with E-state index in [0.29, 0.717) is 5.56 Å². The van der Waals surface area contributed by atoms with Crippen LogP contribution in [0.2, 0.25) is 0 Å². The van der Waals surface area contributed by atoms with Gasteiger partial charge in [0, 0.05) is 46.2 Å². The average molecular weight is 564 g/mol. The van der Waals surface area contributed by atoms with Gasteiger partial charge in [0.1, 0.15) is 0 Å². The molecule has 1 amide bonds. The van der Waals surface area contributed by atoms with Crippen LogP contribution in [-0.2, 0) is 4.79 Å². The van der Waals surface area contributed by atoms with Crippen molar-refractivity contribution < 1.29 is 9.59 Å². The summed E-state index contributed by atoms with van der Waals surface area (Å²) in [5, 5.41) is 3.11. The van der Waals surface area contributed by atoms with Crippen molar-refractivity contribution in [1.82, 2.24) is 5.32 Å². The maximum atomic E-state index is 12.5. The van der Waals surface area contributed by atoms with E-state index in [1.54, 1.807) is 6.92 Å². The van der Waals surface area contributed by atoms with Gasteiger partial charge in [-0.05, 0) is 79.2 Å². The zero-order chi connectivity index (χ0) is 29.1. The Bertz CT molecular complexity index is 1350. The van der Waals surface area contributed by atoms with Gasteiger partial charge in [-0.3, -0.25) is 9.59 Å². The van der Waals surface area contributed by atoms with E-state index in [4.69, 9.17) is 0 Å². The molecule has 0 saturated heterocycles. The molecule has 3 nitrogen and oxygen atoms in total. The molecule has 4 heteroatoms. The second-order valence-corrected chi connectivity index (χ2v) is 11.5. The fourth-order valence-electron chi connectivity index (χ4n) is 4.32. The fraction of sp³-hybridized carbons (Fsp3) is 0.351. The number of unbranched alkanes of at least 4 members (excludes halogenated alkanes) is 9. The average Bonchev–Trinajstić information content (AvgIpc) is 2.99. The minimum atomic E-state index is -0.0250. The van der Waals surface area contributed by atoms with Crippen LogP contribution in [-0.4, -0.2) is 17.6 Å². The van der Waals surface area contributed by atoms with E-state index in [-0.39, 0.29) is 11.0 Å². The number of hydrogen-bond acceptors (Lipinski definition) is 3. The molecular formula is C37H41NO2S. The third-order valence-electron chi connectivity index (χ3n) is 6.67. The minimum absolute atomic E-state index is 0.0250. The molecule has 0 radical (unpaired) electrons. The van der Waals surface area contributed by atoms with Gasteiger partial charge in [0.15, 0.2) is 5.12 Å². The molecule has 0 aromatic heterocycles. The second kappa shape index (κ2) is 18.6. The Labute approximate surface area is 250 Å².